The largest absolute Gasteiger partial charge is 0.498 e. The van der Waals surface area contributed by atoms with Gasteiger partial charge in [-0.05, 0) is 40.5 Å². The van der Waals surface area contributed by atoms with Crippen LogP contribution in [0.2, 0.25) is 0 Å². The van der Waals surface area contributed by atoms with E-state index in [1.54, 1.807) is 12.4 Å². The third kappa shape index (κ3) is 4.14. The Kier molecular flexibility index (Phi) is 5.34. The minimum atomic E-state index is -0.418. The second-order valence-corrected chi connectivity index (χ2v) is 7.98. The van der Waals surface area contributed by atoms with Crippen molar-refractivity contribution in [2.75, 3.05) is 31.5 Å². The molecular weight excluding hydrogens is 317 g/mol. The summed E-state index contributed by atoms with van der Waals surface area (Å²) in [6, 6.07) is 0.414. The highest BCUT2D eigenvalue weighted by Gasteiger charge is 2.51. The molecule has 2 aliphatic heterocycles. The molecule has 0 saturated carbocycles. The van der Waals surface area contributed by atoms with E-state index in [4.69, 9.17) is 15.0 Å². The van der Waals surface area contributed by atoms with Crippen LogP contribution in [0.1, 0.15) is 40.5 Å². The number of nitrogens with zero attached hydrogens (tertiary/aromatic N) is 3. The minimum Gasteiger partial charge on any atom is -0.399 e. The van der Waals surface area contributed by atoms with Crippen LogP contribution in [0.4, 0.5) is 5.95 Å². The van der Waals surface area contributed by atoms with E-state index < -0.39 is 7.12 Å². The number of hydrogen-bond acceptors (Lipinski definition) is 7. The van der Waals surface area contributed by atoms with Gasteiger partial charge in [-0.25, -0.2) is 9.97 Å². The molecule has 8 heteroatoms. The summed E-state index contributed by atoms with van der Waals surface area (Å²) >= 11 is 0. The molecule has 3 rings (SSSR count). The molecule has 1 aromatic rings. The summed E-state index contributed by atoms with van der Waals surface area (Å²) in [6.45, 7) is 12.0. The summed E-state index contributed by atoms with van der Waals surface area (Å²) in [7, 11) is -0.418. The van der Waals surface area contributed by atoms with Gasteiger partial charge in [0.15, 0.2) is 0 Å². The maximum absolute atomic E-state index is 6.04. The van der Waals surface area contributed by atoms with Crippen LogP contribution >= 0.6 is 0 Å². The van der Waals surface area contributed by atoms with Crippen molar-refractivity contribution >= 4 is 18.5 Å². The van der Waals surface area contributed by atoms with Crippen molar-refractivity contribution in [3.63, 3.8) is 0 Å². The van der Waals surface area contributed by atoms with Crippen molar-refractivity contribution in [1.29, 1.82) is 0 Å². The van der Waals surface area contributed by atoms with Gasteiger partial charge in [0.05, 0.1) is 11.2 Å². The van der Waals surface area contributed by atoms with E-state index in [2.05, 4.69) is 20.2 Å². The summed E-state index contributed by atoms with van der Waals surface area (Å²) in [4.78, 5) is 11.3. The molecule has 7 nitrogen and oxygen atoms in total. The number of anilines is 1. The number of aromatic nitrogens is 2. The van der Waals surface area contributed by atoms with E-state index in [1.165, 1.54) is 0 Å². The molecule has 2 saturated heterocycles. The van der Waals surface area contributed by atoms with Crippen LogP contribution in [0, 0.1) is 0 Å². The van der Waals surface area contributed by atoms with Crippen molar-refractivity contribution in [2.45, 2.75) is 57.8 Å². The fourth-order valence-corrected chi connectivity index (χ4v) is 3.18. The lowest BCUT2D eigenvalue weighted by atomic mass is 9.81. The topological polar surface area (TPSA) is 85.5 Å². The molecule has 25 heavy (non-hydrogen) atoms. The summed E-state index contributed by atoms with van der Waals surface area (Å²) in [5.74, 6) is 0.664. The number of likely N-dealkylation sites (tertiary alicyclic amines) is 1. The van der Waals surface area contributed by atoms with Crippen molar-refractivity contribution < 1.29 is 9.31 Å². The molecule has 0 atom stereocenters. The molecule has 0 unspecified atom stereocenters. The van der Waals surface area contributed by atoms with Gasteiger partial charge in [0.1, 0.15) is 0 Å². The van der Waals surface area contributed by atoms with Gasteiger partial charge >= 0.3 is 7.12 Å². The van der Waals surface area contributed by atoms with Gasteiger partial charge in [0, 0.05) is 50.1 Å². The average molecular weight is 347 g/mol. The highest BCUT2D eigenvalue weighted by molar-refractivity contribution is 6.61. The maximum Gasteiger partial charge on any atom is 0.498 e. The van der Waals surface area contributed by atoms with Crippen LogP contribution < -0.4 is 16.5 Å². The molecule has 0 radical (unpaired) electrons. The minimum absolute atomic E-state index is 0.355. The van der Waals surface area contributed by atoms with Gasteiger partial charge in [-0.3, -0.25) is 0 Å². The van der Waals surface area contributed by atoms with Crippen LogP contribution in [0.5, 0.6) is 0 Å². The average Bonchev–Trinajstić information content (AvgIpc) is 2.78. The summed E-state index contributed by atoms with van der Waals surface area (Å²) in [5.41, 5.74) is 5.76. The molecule has 2 aliphatic rings. The van der Waals surface area contributed by atoms with Gasteiger partial charge in [-0.2, -0.15) is 0 Å². The molecule has 0 spiro atoms. The van der Waals surface area contributed by atoms with Crippen LogP contribution in [-0.4, -0.2) is 65.4 Å². The van der Waals surface area contributed by atoms with E-state index >= 15 is 0 Å². The molecule has 0 amide bonds. The van der Waals surface area contributed by atoms with Gasteiger partial charge in [-0.1, -0.05) is 0 Å². The fraction of sp³-hybridized carbons (Fsp3) is 0.765. The molecule has 0 aromatic carbocycles. The zero-order valence-corrected chi connectivity index (χ0v) is 15.8. The number of nitrogens with two attached hydrogens (primary N) is 1. The molecule has 0 aliphatic carbocycles. The van der Waals surface area contributed by atoms with Gasteiger partial charge in [0.2, 0.25) is 5.95 Å². The molecule has 3 N–H and O–H groups in total. The van der Waals surface area contributed by atoms with E-state index in [0.29, 0.717) is 12.0 Å². The number of piperidine rings is 1. The molecule has 138 valence electrons. The van der Waals surface area contributed by atoms with Crippen molar-refractivity contribution in [1.82, 2.24) is 14.9 Å². The predicted octanol–water partition coefficient (Wildman–Crippen LogP) is 0.611. The van der Waals surface area contributed by atoms with Gasteiger partial charge in [-0.15, -0.1) is 0 Å². The Balaban J connectivity index is 1.55. The first-order valence-corrected chi connectivity index (χ1v) is 9.17. The summed E-state index contributed by atoms with van der Waals surface area (Å²) in [5, 5.41) is 3.43. The second-order valence-electron chi connectivity index (χ2n) is 7.98. The standard InChI is InChI=1S/C17H30BN5O2/c1-16(2)17(3,4)25-18(24-16)13-11-20-15(21-12-13)22-14-5-8-23(9-6-14)10-7-19/h11-12,14H,5-10,19H2,1-4H3,(H,20,21,22). The van der Waals surface area contributed by atoms with Crippen molar-refractivity contribution in [3.8, 4) is 0 Å². The lowest BCUT2D eigenvalue weighted by Gasteiger charge is -2.32. The predicted molar refractivity (Wildman–Crippen MR) is 99.9 cm³/mol. The summed E-state index contributed by atoms with van der Waals surface area (Å²) < 4.78 is 12.1. The lowest BCUT2D eigenvalue weighted by Crippen LogP contribution is -2.41. The third-order valence-corrected chi connectivity index (χ3v) is 5.56. The Labute approximate surface area is 150 Å². The lowest BCUT2D eigenvalue weighted by molar-refractivity contribution is 0.00578. The van der Waals surface area contributed by atoms with Gasteiger partial charge in [0.25, 0.3) is 0 Å². The maximum atomic E-state index is 6.04. The first-order valence-electron chi connectivity index (χ1n) is 9.17. The van der Waals surface area contributed by atoms with Crippen LogP contribution in [-0.2, 0) is 9.31 Å². The van der Waals surface area contributed by atoms with E-state index in [9.17, 15) is 0 Å². The zero-order valence-electron chi connectivity index (χ0n) is 15.8. The quantitative estimate of drug-likeness (QED) is 0.755. The molecule has 3 heterocycles. The van der Waals surface area contributed by atoms with Crippen LogP contribution in [0.25, 0.3) is 0 Å². The second kappa shape index (κ2) is 7.19. The highest BCUT2D eigenvalue weighted by Crippen LogP contribution is 2.36. The highest BCUT2D eigenvalue weighted by atomic mass is 16.7. The first-order chi connectivity index (χ1) is 11.8. The smallest absolute Gasteiger partial charge is 0.399 e. The van der Waals surface area contributed by atoms with Crippen molar-refractivity contribution in [2.24, 2.45) is 5.73 Å². The zero-order chi connectivity index (χ0) is 18.1. The van der Waals surface area contributed by atoms with E-state index in [0.717, 1.165) is 44.5 Å². The third-order valence-electron chi connectivity index (χ3n) is 5.56. The molecule has 2 fully saturated rings. The van der Waals surface area contributed by atoms with Crippen LogP contribution in [0.15, 0.2) is 12.4 Å². The Morgan fingerprint density at radius 2 is 1.72 bits per heavy atom. The van der Waals surface area contributed by atoms with Crippen molar-refractivity contribution in [3.05, 3.63) is 12.4 Å². The Bertz CT molecular complexity index is 557. The Morgan fingerprint density at radius 1 is 1.16 bits per heavy atom. The number of nitrogens with one attached hydrogen (secondary N) is 1. The normalized spacial score (nSPS) is 23.8. The van der Waals surface area contributed by atoms with E-state index in [-0.39, 0.29) is 11.2 Å². The Morgan fingerprint density at radius 3 is 2.24 bits per heavy atom. The number of rotatable bonds is 5. The van der Waals surface area contributed by atoms with Crippen LogP contribution in [0.3, 0.4) is 0 Å². The van der Waals surface area contributed by atoms with E-state index in [1.807, 2.05) is 27.7 Å². The molecule has 0 bridgehead atoms. The molecular formula is C17H30BN5O2. The fourth-order valence-electron chi connectivity index (χ4n) is 3.18. The summed E-state index contributed by atoms with van der Waals surface area (Å²) in [6.07, 6.45) is 5.76. The Hall–Kier alpha value is -1.22. The monoisotopic (exact) mass is 347 g/mol. The van der Waals surface area contributed by atoms with Gasteiger partial charge < -0.3 is 25.3 Å². The molecule has 1 aromatic heterocycles. The first kappa shape index (κ1) is 18.6. The number of hydrogen-bond donors (Lipinski definition) is 2. The SMILES string of the molecule is CC1(C)OB(c2cnc(NC3CCN(CCN)CC3)nc2)OC1(C)C.